The number of hydrogen-bond acceptors (Lipinski definition) is 4. The van der Waals surface area contributed by atoms with Crippen LogP contribution in [0.5, 0.6) is 0 Å². The van der Waals surface area contributed by atoms with Crippen LogP contribution in [0.15, 0.2) is 58.3 Å². The second-order valence-electron chi connectivity index (χ2n) is 5.23. The molecule has 0 atom stereocenters. The fourth-order valence-corrected chi connectivity index (χ4v) is 3.50. The SMILES string of the molecule is CNS(=O)(=O)c1cccc(CNC(=O)CSc2ccc(C)cc2)c1. The third kappa shape index (κ3) is 5.36. The number of amides is 1. The molecule has 0 aliphatic carbocycles. The smallest absolute Gasteiger partial charge is 0.240 e. The molecule has 0 bridgehead atoms. The van der Waals surface area contributed by atoms with E-state index in [1.807, 2.05) is 31.2 Å². The summed E-state index contributed by atoms with van der Waals surface area (Å²) in [5.74, 6) is 0.222. The van der Waals surface area contributed by atoms with Crippen molar-refractivity contribution >= 4 is 27.7 Å². The van der Waals surface area contributed by atoms with E-state index in [0.29, 0.717) is 12.3 Å². The molecule has 0 heterocycles. The van der Waals surface area contributed by atoms with E-state index in [1.165, 1.54) is 30.4 Å². The van der Waals surface area contributed by atoms with Gasteiger partial charge in [-0.05, 0) is 43.8 Å². The Kier molecular flexibility index (Phi) is 6.42. The fraction of sp³-hybridized carbons (Fsp3) is 0.235. The van der Waals surface area contributed by atoms with Gasteiger partial charge < -0.3 is 5.32 Å². The standard InChI is InChI=1S/C17H20N2O3S2/c1-13-6-8-15(9-7-13)23-12-17(20)19-11-14-4-3-5-16(10-14)24(21,22)18-2/h3-10,18H,11-12H2,1-2H3,(H,19,20). The highest BCUT2D eigenvalue weighted by Gasteiger charge is 2.11. The van der Waals surface area contributed by atoms with Crippen molar-refractivity contribution in [3.8, 4) is 0 Å². The number of aryl methyl sites for hydroxylation is 1. The molecule has 0 unspecified atom stereocenters. The van der Waals surface area contributed by atoms with Crippen molar-refractivity contribution in [2.75, 3.05) is 12.8 Å². The van der Waals surface area contributed by atoms with Gasteiger partial charge in [-0.3, -0.25) is 4.79 Å². The molecule has 2 N–H and O–H groups in total. The van der Waals surface area contributed by atoms with Crippen LogP contribution < -0.4 is 10.0 Å². The lowest BCUT2D eigenvalue weighted by atomic mass is 10.2. The van der Waals surface area contributed by atoms with Crippen molar-refractivity contribution in [3.05, 3.63) is 59.7 Å². The van der Waals surface area contributed by atoms with Crippen LogP contribution in [-0.2, 0) is 21.4 Å². The van der Waals surface area contributed by atoms with Crippen LogP contribution in [0.3, 0.4) is 0 Å². The lowest BCUT2D eigenvalue weighted by Crippen LogP contribution is -2.25. The van der Waals surface area contributed by atoms with E-state index < -0.39 is 10.0 Å². The van der Waals surface area contributed by atoms with E-state index in [-0.39, 0.29) is 10.8 Å². The molecular weight excluding hydrogens is 344 g/mol. The molecule has 0 fully saturated rings. The van der Waals surface area contributed by atoms with Gasteiger partial charge in [0, 0.05) is 11.4 Å². The van der Waals surface area contributed by atoms with Gasteiger partial charge in [-0.1, -0.05) is 29.8 Å². The first-order valence-corrected chi connectivity index (χ1v) is 9.86. The molecule has 2 aromatic rings. The third-order valence-corrected chi connectivity index (χ3v) is 5.78. The summed E-state index contributed by atoms with van der Waals surface area (Å²) in [6.07, 6.45) is 0. The summed E-state index contributed by atoms with van der Waals surface area (Å²) in [6.45, 7) is 2.31. The Bertz CT molecular complexity index is 803. The maximum atomic E-state index is 11.9. The van der Waals surface area contributed by atoms with Crippen molar-refractivity contribution in [2.45, 2.75) is 23.3 Å². The summed E-state index contributed by atoms with van der Waals surface area (Å²) in [5.41, 5.74) is 1.92. The van der Waals surface area contributed by atoms with E-state index in [9.17, 15) is 13.2 Å². The first-order valence-electron chi connectivity index (χ1n) is 7.39. The molecule has 0 spiro atoms. The first-order chi connectivity index (χ1) is 11.4. The molecule has 0 radical (unpaired) electrons. The minimum Gasteiger partial charge on any atom is -0.351 e. The average molecular weight is 364 g/mol. The zero-order chi connectivity index (χ0) is 17.6. The summed E-state index contributed by atoms with van der Waals surface area (Å²) in [7, 11) is -2.11. The summed E-state index contributed by atoms with van der Waals surface area (Å²) in [4.78, 5) is 13.2. The summed E-state index contributed by atoms with van der Waals surface area (Å²) in [5, 5.41) is 2.80. The molecule has 2 rings (SSSR count). The van der Waals surface area contributed by atoms with E-state index in [2.05, 4.69) is 10.0 Å². The van der Waals surface area contributed by atoms with Crippen LogP contribution in [0.25, 0.3) is 0 Å². The Labute approximate surface area is 146 Å². The van der Waals surface area contributed by atoms with E-state index >= 15 is 0 Å². The molecule has 24 heavy (non-hydrogen) atoms. The van der Waals surface area contributed by atoms with E-state index in [1.54, 1.807) is 18.2 Å². The van der Waals surface area contributed by atoms with E-state index in [0.717, 1.165) is 10.5 Å². The van der Waals surface area contributed by atoms with Crippen molar-refractivity contribution in [1.29, 1.82) is 0 Å². The van der Waals surface area contributed by atoms with Gasteiger partial charge in [-0.25, -0.2) is 13.1 Å². The largest absolute Gasteiger partial charge is 0.351 e. The van der Waals surface area contributed by atoms with Crippen LogP contribution in [0.1, 0.15) is 11.1 Å². The lowest BCUT2D eigenvalue weighted by molar-refractivity contribution is -0.118. The van der Waals surface area contributed by atoms with Crippen molar-refractivity contribution in [3.63, 3.8) is 0 Å². The maximum Gasteiger partial charge on any atom is 0.240 e. The van der Waals surface area contributed by atoms with Crippen LogP contribution >= 0.6 is 11.8 Å². The van der Waals surface area contributed by atoms with Crippen molar-refractivity contribution in [1.82, 2.24) is 10.0 Å². The highest BCUT2D eigenvalue weighted by atomic mass is 32.2. The first kappa shape index (κ1) is 18.5. The third-order valence-electron chi connectivity index (χ3n) is 3.36. The number of carbonyl (C=O) groups excluding carboxylic acids is 1. The van der Waals surface area contributed by atoms with Crippen LogP contribution in [-0.4, -0.2) is 27.1 Å². The number of rotatable bonds is 7. The number of carbonyl (C=O) groups is 1. The van der Waals surface area contributed by atoms with Gasteiger partial charge in [0.15, 0.2) is 0 Å². The summed E-state index contributed by atoms with van der Waals surface area (Å²) < 4.78 is 25.8. The monoisotopic (exact) mass is 364 g/mol. The minimum atomic E-state index is -3.48. The summed E-state index contributed by atoms with van der Waals surface area (Å²) in [6, 6.07) is 14.5. The predicted octanol–water partition coefficient (Wildman–Crippen LogP) is 2.31. The zero-order valence-corrected chi connectivity index (χ0v) is 15.2. The zero-order valence-electron chi connectivity index (χ0n) is 13.6. The topological polar surface area (TPSA) is 75.3 Å². The second kappa shape index (κ2) is 8.32. The highest BCUT2D eigenvalue weighted by molar-refractivity contribution is 8.00. The number of hydrogen-bond donors (Lipinski definition) is 2. The van der Waals surface area contributed by atoms with Gasteiger partial charge >= 0.3 is 0 Å². The molecule has 1 amide bonds. The normalized spacial score (nSPS) is 11.2. The van der Waals surface area contributed by atoms with Gasteiger partial charge in [-0.2, -0.15) is 0 Å². The van der Waals surface area contributed by atoms with Gasteiger partial charge in [0.25, 0.3) is 0 Å². The fourth-order valence-electron chi connectivity index (χ4n) is 1.98. The Morgan fingerprint density at radius 2 is 1.83 bits per heavy atom. The van der Waals surface area contributed by atoms with Gasteiger partial charge in [-0.15, -0.1) is 11.8 Å². The number of thioether (sulfide) groups is 1. The van der Waals surface area contributed by atoms with Crippen LogP contribution in [0, 0.1) is 6.92 Å². The van der Waals surface area contributed by atoms with Crippen molar-refractivity contribution < 1.29 is 13.2 Å². The molecule has 7 heteroatoms. The highest BCUT2D eigenvalue weighted by Crippen LogP contribution is 2.18. The Balaban J connectivity index is 1.87. The Hall–Kier alpha value is -1.83. The van der Waals surface area contributed by atoms with Crippen LogP contribution in [0.4, 0.5) is 0 Å². The molecule has 0 aliphatic heterocycles. The van der Waals surface area contributed by atoms with Gasteiger partial charge in [0.2, 0.25) is 15.9 Å². The van der Waals surface area contributed by atoms with Crippen molar-refractivity contribution in [2.24, 2.45) is 0 Å². The van der Waals surface area contributed by atoms with Crippen LogP contribution in [0.2, 0.25) is 0 Å². The Morgan fingerprint density at radius 1 is 1.12 bits per heavy atom. The van der Waals surface area contributed by atoms with Gasteiger partial charge in [0.05, 0.1) is 10.6 Å². The quantitative estimate of drug-likeness (QED) is 0.740. The molecule has 0 saturated carbocycles. The lowest BCUT2D eigenvalue weighted by Gasteiger charge is -2.08. The summed E-state index contributed by atoms with van der Waals surface area (Å²) >= 11 is 1.47. The van der Waals surface area contributed by atoms with E-state index in [4.69, 9.17) is 0 Å². The molecule has 0 aromatic heterocycles. The minimum absolute atomic E-state index is 0.0950. The number of nitrogens with one attached hydrogen (secondary N) is 2. The molecule has 128 valence electrons. The number of benzene rings is 2. The Morgan fingerprint density at radius 3 is 2.50 bits per heavy atom. The average Bonchev–Trinajstić information content (AvgIpc) is 2.59. The van der Waals surface area contributed by atoms with Gasteiger partial charge in [0.1, 0.15) is 0 Å². The maximum absolute atomic E-state index is 11.9. The molecule has 5 nitrogen and oxygen atoms in total. The second-order valence-corrected chi connectivity index (χ2v) is 8.17. The predicted molar refractivity (Wildman–Crippen MR) is 96.4 cm³/mol. The molecular formula is C17H20N2O3S2. The molecule has 0 saturated heterocycles. The molecule has 2 aromatic carbocycles. The molecule has 0 aliphatic rings. The number of sulfonamides is 1.